The molecule has 34 N–H and O–H groups in total. The van der Waals surface area contributed by atoms with E-state index in [9.17, 15) is 77.6 Å². The molecular formula is C89H128N26O25. The largest absolute Gasteiger partial charge is 0.480 e. The quantitative estimate of drug-likeness (QED) is 0.0202. The van der Waals surface area contributed by atoms with Crippen LogP contribution in [-0.2, 0) is 125 Å². The highest BCUT2D eigenvalue weighted by molar-refractivity contribution is 6.03. The van der Waals surface area contributed by atoms with Crippen molar-refractivity contribution in [1.82, 2.24) is 101 Å². The molecule has 3 aromatic rings. The Hall–Kier alpha value is -14.9. The van der Waals surface area contributed by atoms with E-state index < -0.39 is 341 Å². The standard InChI is InChI=1S/C89H128N26O25/c1-44(2)67-85(135)105-53-30-29-52(103-75(125)54(31-32-63(93)116)104-73(123)51(27-16-34-97-89(95)96)101-71(121)49(92)24-15-26-50(74(124)106-55(87(137)138)25-13-14-33-90)102-79(129)60(40-64(94)117)100-65(118)42-98-84(134)69(114-77(53)127)70(120)88(139)140)76(126)107-56-36-45(3)68(86(136)110-59(80(130)112-67)39-48-22-11-6-12-23-48)113-81(131)58(38-47-20-9-5-10-21-47)109-83(133)62-28-17-35-115(62)66(119)43-99-72(122)57(37-46-18-7-4-8-19-46)108-82(132)61(41-91)111-78(56)128/h4-12,18-23,44-45,49-62,67-70,120H,13-17,24-43,90-92H2,1-3H3,(H2,93,116)(H2,94,117)(H,98,134)(H,99,122)(H,100,118)(H,101,121)(H,102,129)(H,103,125)(H,104,123)(H,105,135)(H,106,124)(H,107,126)(H,108,132)(H,109,133)(H,110,136)(H,111,128)(H,112,130)(H,113,131)(H,114,127)(H,137,138)(H,139,140)(H4,95,96,97)/t45-,49+,50+,51+,52-,53+,54+,55+,56+,57+,58?,59+,60?,61+,62+,67+,68-,69+,70-/m1/s1. The first-order valence-corrected chi connectivity index (χ1v) is 45.9. The molecule has 0 spiro atoms. The van der Waals surface area contributed by atoms with Crippen LogP contribution in [0.15, 0.2) is 91.0 Å². The van der Waals surface area contributed by atoms with E-state index in [1.807, 2.05) is 10.6 Å². The molecule has 2 unspecified atom stereocenters. The average molecular weight is 1960 g/mol. The summed E-state index contributed by atoms with van der Waals surface area (Å²) in [5.41, 5.74) is 36.4. The van der Waals surface area contributed by atoms with Crippen LogP contribution in [0.4, 0.5) is 0 Å². The minimum Gasteiger partial charge on any atom is -0.480 e. The minimum absolute atomic E-state index is 0.00856. The first kappa shape index (κ1) is 112. The van der Waals surface area contributed by atoms with Crippen molar-refractivity contribution in [3.05, 3.63) is 108 Å². The lowest BCUT2D eigenvalue weighted by Crippen LogP contribution is -2.64. The SMILES string of the molecule is CC(C)[C@@H]1NC(=O)[C@H](Cc2ccccc2)NC(=O)[C@@H]2NC(=O)C(Cc3ccccc3)NC(=O)[C@@H]3CCCN3C(=O)CNC(=O)[C@H](Cc3ccccc3)NC(=O)[C@H](CN)NC(=O)[C@H](C[C@H]2C)NC(=O)[C@H]2CC[C@H](NC1=O)C(=O)N[C@@H]([C@@H](O)C(=O)O)C(=O)NCC(=O)NC(CC(N)=O)C(=O)N[C@H](C(=O)N[C@@H](CCCCN)C(=O)O)CCC[C@H](N)C(=O)N[C@@H](CCCNC(=N)N)C(=O)N[C@@H](CCC(N)=O)C(=O)N2. The van der Waals surface area contributed by atoms with Gasteiger partial charge in [0.1, 0.15) is 96.7 Å². The third-order valence-corrected chi connectivity index (χ3v) is 23.7. The zero-order valence-corrected chi connectivity index (χ0v) is 77.6. The number of unbranched alkanes of at least 4 members (excludes halogenated alkanes) is 1. The molecule has 51 nitrogen and oxygen atoms in total. The van der Waals surface area contributed by atoms with Gasteiger partial charge < -0.3 is 150 Å². The highest BCUT2D eigenvalue weighted by Gasteiger charge is 2.45. The summed E-state index contributed by atoms with van der Waals surface area (Å²) in [6.45, 7) is 1.09. The fourth-order valence-electron chi connectivity index (χ4n) is 15.9. The van der Waals surface area contributed by atoms with Crippen molar-refractivity contribution in [2.75, 3.05) is 39.3 Å². The summed E-state index contributed by atoms with van der Waals surface area (Å²) in [7, 11) is 0. The number of carboxylic acid groups (broad SMARTS) is 2. The summed E-state index contributed by atoms with van der Waals surface area (Å²) in [5.74, 6) is -32.3. The second kappa shape index (κ2) is 55.5. The Bertz CT molecular complexity index is 4950. The Morgan fingerprint density at radius 2 is 0.950 bits per heavy atom. The number of guanidine groups is 1. The number of nitrogens with two attached hydrogens (primary N) is 6. The van der Waals surface area contributed by atoms with E-state index in [1.54, 1.807) is 91.0 Å². The molecular weight excluding hydrogens is 1830 g/mol. The third-order valence-electron chi connectivity index (χ3n) is 23.7. The number of carboxylic acids is 2. The van der Waals surface area contributed by atoms with E-state index in [0.29, 0.717) is 23.1 Å². The van der Waals surface area contributed by atoms with Crippen molar-refractivity contribution in [3.8, 4) is 0 Å². The van der Waals surface area contributed by atoms with Gasteiger partial charge in [0.25, 0.3) is 0 Å². The predicted molar refractivity (Wildman–Crippen MR) is 494 cm³/mol. The van der Waals surface area contributed by atoms with E-state index >= 15 is 43.2 Å². The van der Waals surface area contributed by atoms with Crippen molar-refractivity contribution in [3.63, 3.8) is 0 Å². The lowest BCUT2D eigenvalue weighted by atomic mass is 9.91. The molecule has 0 aromatic heterocycles. The maximum atomic E-state index is 16.2. The molecule has 51 heteroatoms. The van der Waals surface area contributed by atoms with E-state index in [-0.39, 0.29) is 71.0 Å². The molecule has 0 radical (unpaired) electrons. The summed E-state index contributed by atoms with van der Waals surface area (Å²) >= 11 is 0. The normalized spacial score (nSPS) is 26.3. The van der Waals surface area contributed by atoms with E-state index in [2.05, 4.69) is 85.1 Å². The van der Waals surface area contributed by atoms with Gasteiger partial charge in [0.05, 0.1) is 25.6 Å². The monoisotopic (exact) mass is 1960 g/mol. The lowest BCUT2D eigenvalue weighted by Gasteiger charge is -2.33. The van der Waals surface area contributed by atoms with Crippen LogP contribution in [0.2, 0.25) is 0 Å². The number of carbonyl (C=O) groups is 22. The number of rotatable bonds is 26. The van der Waals surface area contributed by atoms with Gasteiger partial charge in [-0.2, -0.15) is 0 Å². The Labute approximate surface area is 804 Å². The first-order valence-electron chi connectivity index (χ1n) is 45.9. The number of nitrogens with zero attached hydrogens (tertiary/aromatic N) is 1. The van der Waals surface area contributed by atoms with Gasteiger partial charge in [0.15, 0.2) is 12.1 Å². The maximum Gasteiger partial charge on any atom is 0.335 e. The highest BCUT2D eigenvalue weighted by Crippen LogP contribution is 2.23. The molecule has 7 rings (SSSR count). The summed E-state index contributed by atoms with van der Waals surface area (Å²) in [6, 6.07) is -8.95. The van der Waals surface area contributed by atoms with Crippen LogP contribution in [0.25, 0.3) is 0 Å². The number of aliphatic hydroxyl groups excluding tert-OH is 1. The number of amides is 20. The predicted octanol–water partition coefficient (Wildman–Crippen LogP) is -10.8. The second-order valence-corrected chi connectivity index (χ2v) is 34.9. The summed E-state index contributed by atoms with van der Waals surface area (Å²) in [6.07, 6.45) is -11.1. The first-order chi connectivity index (χ1) is 66.4. The number of aliphatic hydroxyl groups is 1. The third kappa shape index (κ3) is 35.6. The van der Waals surface area contributed by atoms with Gasteiger partial charge in [0.2, 0.25) is 118 Å². The highest BCUT2D eigenvalue weighted by atomic mass is 16.4. The van der Waals surface area contributed by atoms with Gasteiger partial charge >= 0.3 is 11.9 Å². The molecule has 20 amide bonds. The van der Waals surface area contributed by atoms with E-state index in [0.717, 1.165) is 0 Å². The molecule has 4 saturated heterocycles. The number of fused-ring (bicyclic) bond motifs is 7. The molecule has 4 aliphatic heterocycles. The molecule has 0 saturated carbocycles. The zero-order valence-electron chi connectivity index (χ0n) is 77.6. The van der Waals surface area contributed by atoms with Gasteiger partial charge in [-0.1, -0.05) is 112 Å². The molecule has 0 aliphatic carbocycles. The van der Waals surface area contributed by atoms with Crippen LogP contribution in [0.5, 0.6) is 0 Å². The zero-order chi connectivity index (χ0) is 103. The van der Waals surface area contributed by atoms with Gasteiger partial charge in [-0.15, -0.1) is 0 Å². The smallest absolute Gasteiger partial charge is 0.335 e. The topological polar surface area (TPSA) is 836 Å². The van der Waals surface area contributed by atoms with Crippen molar-refractivity contribution in [1.29, 1.82) is 5.41 Å². The second-order valence-electron chi connectivity index (χ2n) is 34.9. The van der Waals surface area contributed by atoms with Gasteiger partial charge in [0, 0.05) is 45.3 Å². The Morgan fingerprint density at radius 3 is 1.51 bits per heavy atom. The molecule has 4 aliphatic rings. The molecule has 140 heavy (non-hydrogen) atoms. The number of primary amides is 2. The van der Waals surface area contributed by atoms with Crippen LogP contribution >= 0.6 is 0 Å². The molecule has 3 aromatic carbocycles. The number of nitrogens with one attached hydrogen (secondary N) is 19. The van der Waals surface area contributed by atoms with Crippen LogP contribution in [0.3, 0.4) is 0 Å². The summed E-state index contributed by atoms with van der Waals surface area (Å²) in [4.78, 5) is 323. The molecule has 19 atom stereocenters. The Morgan fingerprint density at radius 1 is 0.464 bits per heavy atom. The van der Waals surface area contributed by atoms with Gasteiger partial charge in [-0.25, -0.2) is 9.59 Å². The molecule has 4 fully saturated rings. The number of carbonyl (C=O) groups excluding carboxylic acids is 20. The molecule has 4 bridgehead atoms. The van der Waals surface area contributed by atoms with E-state index in [4.69, 9.17) is 39.8 Å². The maximum absolute atomic E-state index is 16.2. The van der Waals surface area contributed by atoms with Crippen LogP contribution in [-0.4, -0.2) is 304 Å². The lowest BCUT2D eigenvalue weighted by molar-refractivity contribution is -0.152. The van der Waals surface area contributed by atoms with Crippen molar-refractivity contribution >= 4 is 136 Å². The number of aliphatic carboxylic acids is 2. The number of benzene rings is 3. The van der Waals surface area contributed by atoms with Gasteiger partial charge in [-0.3, -0.25) is 101 Å². The fraction of sp³-hybridized carbons (Fsp3) is 0.539. The Balaban J connectivity index is 1.47. The number of hydrogen-bond acceptors (Lipinski definition) is 27. The van der Waals surface area contributed by atoms with Gasteiger partial charge in [-0.05, 0) is 125 Å². The summed E-state index contributed by atoms with van der Waals surface area (Å²) < 4.78 is 0. The average Bonchev–Trinajstić information content (AvgIpc) is 1.52. The Kier molecular flexibility index (Phi) is 44.4. The van der Waals surface area contributed by atoms with E-state index in [1.165, 1.54) is 25.7 Å². The fourth-order valence-corrected chi connectivity index (χ4v) is 15.9. The van der Waals surface area contributed by atoms with Crippen molar-refractivity contribution in [2.45, 2.75) is 252 Å². The number of hydrogen-bond donors (Lipinski definition) is 28. The molecule has 764 valence electrons. The minimum atomic E-state index is -3.04. The van der Waals surface area contributed by atoms with Crippen molar-refractivity contribution < 1.29 is 121 Å². The van der Waals surface area contributed by atoms with Crippen LogP contribution in [0.1, 0.15) is 140 Å². The van der Waals surface area contributed by atoms with Crippen LogP contribution < -0.4 is 130 Å². The van der Waals surface area contributed by atoms with Crippen LogP contribution in [0, 0.1) is 17.2 Å². The summed E-state index contributed by atoms with van der Waals surface area (Å²) in [5, 5.41) is 83.2. The molecule has 4 heterocycles. The van der Waals surface area contributed by atoms with Crippen molar-refractivity contribution in [2.24, 2.45) is 46.2 Å².